The van der Waals surface area contributed by atoms with E-state index in [9.17, 15) is 4.79 Å². The lowest BCUT2D eigenvalue weighted by Gasteiger charge is -2.49. The first-order valence-corrected chi connectivity index (χ1v) is 10.2. The van der Waals surface area contributed by atoms with Crippen LogP contribution in [-0.4, -0.2) is 45.2 Å². The van der Waals surface area contributed by atoms with Crippen molar-refractivity contribution in [2.24, 2.45) is 5.92 Å². The highest BCUT2D eigenvalue weighted by Gasteiger charge is 2.41. The summed E-state index contributed by atoms with van der Waals surface area (Å²) in [4.78, 5) is 17.8. The Hall–Kier alpha value is -2.95. The van der Waals surface area contributed by atoms with Crippen LogP contribution in [0.5, 0.6) is 5.75 Å². The van der Waals surface area contributed by atoms with Gasteiger partial charge in [0, 0.05) is 43.6 Å². The maximum atomic E-state index is 13.0. The first-order valence-electron chi connectivity index (χ1n) is 10.2. The molecule has 152 valence electrons. The monoisotopic (exact) mass is 391 g/mol. The summed E-state index contributed by atoms with van der Waals surface area (Å²) in [6, 6.07) is 15.0. The van der Waals surface area contributed by atoms with E-state index in [1.807, 2.05) is 6.07 Å². The van der Waals surface area contributed by atoms with Gasteiger partial charge in [-0.1, -0.05) is 29.8 Å². The van der Waals surface area contributed by atoms with Gasteiger partial charge >= 0.3 is 0 Å². The number of amides is 1. The van der Waals surface area contributed by atoms with E-state index >= 15 is 0 Å². The van der Waals surface area contributed by atoms with Crippen LogP contribution in [0.4, 0.5) is 11.4 Å². The number of piperazine rings is 1. The molecule has 0 unspecified atom stereocenters. The Labute approximate surface area is 173 Å². The Kier molecular flexibility index (Phi) is 5.47. The number of aryl methyl sites for hydroxylation is 1. The van der Waals surface area contributed by atoms with E-state index in [1.54, 1.807) is 13.2 Å². The van der Waals surface area contributed by atoms with Crippen molar-refractivity contribution in [1.82, 2.24) is 5.32 Å². The van der Waals surface area contributed by atoms with Gasteiger partial charge in [-0.2, -0.15) is 0 Å². The molecule has 0 radical (unpaired) electrons. The van der Waals surface area contributed by atoms with Crippen molar-refractivity contribution in [2.75, 3.05) is 43.1 Å². The highest BCUT2D eigenvalue weighted by atomic mass is 16.5. The van der Waals surface area contributed by atoms with Crippen molar-refractivity contribution < 1.29 is 9.53 Å². The van der Waals surface area contributed by atoms with E-state index < -0.39 is 0 Å². The average Bonchev–Trinajstić information content (AvgIpc) is 2.76. The number of nitrogens with one attached hydrogen (secondary N) is 1. The Balaban J connectivity index is 1.65. The summed E-state index contributed by atoms with van der Waals surface area (Å²) < 4.78 is 5.46. The molecule has 4 rings (SSSR count). The van der Waals surface area contributed by atoms with Crippen LogP contribution in [0.15, 0.2) is 55.1 Å². The van der Waals surface area contributed by atoms with Crippen molar-refractivity contribution in [1.29, 1.82) is 0 Å². The number of rotatable bonds is 5. The smallest absolute Gasteiger partial charge is 0.225 e. The van der Waals surface area contributed by atoms with E-state index in [1.165, 1.54) is 22.5 Å². The van der Waals surface area contributed by atoms with Crippen LogP contribution in [0.3, 0.4) is 0 Å². The molecule has 1 saturated heterocycles. The minimum Gasteiger partial charge on any atom is -0.497 e. The Bertz CT molecular complexity index is 893. The second-order valence-corrected chi connectivity index (χ2v) is 7.88. The van der Waals surface area contributed by atoms with E-state index in [-0.39, 0.29) is 17.9 Å². The maximum absolute atomic E-state index is 13.0. The summed E-state index contributed by atoms with van der Waals surface area (Å²) in [5.74, 6) is 0.870. The molecule has 2 heterocycles. The third kappa shape index (κ3) is 3.82. The molecule has 0 aromatic heterocycles. The van der Waals surface area contributed by atoms with Crippen molar-refractivity contribution in [3.8, 4) is 5.75 Å². The lowest BCUT2D eigenvalue weighted by molar-refractivity contribution is -0.125. The molecule has 2 aromatic rings. The second kappa shape index (κ2) is 8.19. The van der Waals surface area contributed by atoms with Crippen LogP contribution in [0.1, 0.15) is 11.1 Å². The molecule has 2 aromatic carbocycles. The molecule has 0 saturated carbocycles. The normalized spacial score (nSPS) is 20.5. The number of fused-ring (bicyclic) bond motifs is 3. The third-order valence-electron chi connectivity index (χ3n) is 6.08. The first kappa shape index (κ1) is 19.4. The largest absolute Gasteiger partial charge is 0.497 e. The molecule has 1 amide bonds. The zero-order chi connectivity index (χ0) is 20.4. The zero-order valence-corrected chi connectivity index (χ0v) is 17.2. The molecule has 0 bridgehead atoms. The fraction of sp³-hybridized carbons (Fsp3) is 0.375. The summed E-state index contributed by atoms with van der Waals surface area (Å²) in [5.41, 5.74) is 4.89. The van der Waals surface area contributed by atoms with Gasteiger partial charge in [0.1, 0.15) is 5.75 Å². The molecular formula is C24H29N3O2. The third-order valence-corrected chi connectivity index (χ3v) is 6.08. The van der Waals surface area contributed by atoms with E-state index in [0.717, 1.165) is 31.8 Å². The minimum absolute atomic E-state index is 0.0934. The number of methoxy groups -OCH3 is 1. The summed E-state index contributed by atoms with van der Waals surface area (Å²) >= 11 is 0. The lowest BCUT2D eigenvalue weighted by atomic mass is 9.83. The number of ether oxygens (including phenoxy) is 1. The molecule has 0 spiro atoms. The minimum atomic E-state index is -0.0934. The van der Waals surface area contributed by atoms with Crippen molar-refractivity contribution in [3.05, 3.63) is 66.2 Å². The molecule has 1 N–H and O–H groups in total. The Morgan fingerprint density at radius 3 is 2.76 bits per heavy atom. The summed E-state index contributed by atoms with van der Waals surface area (Å²) in [5, 5.41) is 3.02. The SMILES string of the molecule is C=CCNC(=O)[C@H]1Cc2ccc(OC)cc2N2CCN(c3ccc(C)cc3)C[C@@H]12. The highest BCUT2D eigenvalue weighted by Crippen LogP contribution is 2.38. The van der Waals surface area contributed by atoms with E-state index in [0.29, 0.717) is 6.54 Å². The van der Waals surface area contributed by atoms with Gasteiger partial charge < -0.3 is 19.9 Å². The molecule has 2 aliphatic rings. The quantitative estimate of drug-likeness (QED) is 0.796. The summed E-state index contributed by atoms with van der Waals surface area (Å²) in [6.45, 7) is 8.96. The number of carbonyl (C=O) groups is 1. The van der Waals surface area contributed by atoms with Gasteiger partial charge in [-0.15, -0.1) is 6.58 Å². The maximum Gasteiger partial charge on any atom is 0.225 e. The average molecular weight is 392 g/mol. The number of hydrogen-bond donors (Lipinski definition) is 1. The van der Waals surface area contributed by atoms with Crippen LogP contribution in [0.25, 0.3) is 0 Å². The van der Waals surface area contributed by atoms with Gasteiger partial charge in [0.25, 0.3) is 0 Å². The van der Waals surface area contributed by atoms with Gasteiger partial charge in [0.2, 0.25) is 5.91 Å². The van der Waals surface area contributed by atoms with Crippen molar-refractivity contribution in [2.45, 2.75) is 19.4 Å². The number of nitrogens with zero attached hydrogens (tertiary/aromatic N) is 2. The van der Waals surface area contributed by atoms with E-state index in [2.05, 4.69) is 65.0 Å². The topological polar surface area (TPSA) is 44.8 Å². The van der Waals surface area contributed by atoms with Gasteiger partial charge in [0.15, 0.2) is 0 Å². The van der Waals surface area contributed by atoms with Crippen LogP contribution >= 0.6 is 0 Å². The Morgan fingerprint density at radius 1 is 1.24 bits per heavy atom. The molecular weight excluding hydrogens is 362 g/mol. The predicted octanol–water partition coefficient (Wildman–Crippen LogP) is 3.17. The molecule has 2 atom stereocenters. The van der Waals surface area contributed by atoms with Gasteiger partial charge in [-0.3, -0.25) is 4.79 Å². The molecule has 1 fully saturated rings. The molecule has 0 aliphatic carbocycles. The summed E-state index contributed by atoms with van der Waals surface area (Å²) in [7, 11) is 1.70. The van der Waals surface area contributed by atoms with Crippen LogP contribution < -0.4 is 19.9 Å². The van der Waals surface area contributed by atoms with Gasteiger partial charge in [-0.05, 0) is 37.1 Å². The fourth-order valence-corrected chi connectivity index (χ4v) is 4.50. The number of carbonyl (C=O) groups excluding carboxylic acids is 1. The number of hydrogen-bond acceptors (Lipinski definition) is 4. The molecule has 29 heavy (non-hydrogen) atoms. The van der Waals surface area contributed by atoms with Crippen molar-refractivity contribution in [3.63, 3.8) is 0 Å². The highest BCUT2D eigenvalue weighted by molar-refractivity contribution is 5.82. The molecule has 5 heteroatoms. The van der Waals surface area contributed by atoms with Crippen molar-refractivity contribution >= 4 is 17.3 Å². The zero-order valence-electron chi connectivity index (χ0n) is 17.2. The van der Waals surface area contributed by atoms with Gasteiger partial charge in [-0.25, -0.2) is 0 Å². The molecule has 5 nitrogen and oxygen atoms in total. The summed E-state index contributed by atoms with van der Waals surface area (Å²) in [6.07, 6.45) is 2.47. The number of benzene rings is 2. The predicted molar refractivity (Wildman–Crippen MR) is 118 cm³/mol. The standard InChI is InChI=1S/C24H29N3O2/c1-4-11-25-24(28)21-14-18-7-10-20(29-3)15-22(18)27-13-12-26(16-23(21)27)19-8-5-17(2)6-9-19/h4-10,15,21,23H,1,11-14,16H2,2-3H3,(H,25,28)/t21-,23-/m0/s1. The first-order chi connectivity index (χ1) is 14.1. The number of anilines is 2. The van der Waals surface area contributed by atoms with Gasteiger partial charge in [0.05, 0.1) is 19.1 Å². The fourth-order valence-electron chi connectivity index (χ4n) is 4.50. The lowest BCUT2D eigenvalue weighted by Crippen LogP contribution is -2.61. The second-order valence-electron chi connectivity index (χ2n) is 7.88. The van der Waals surface area contributed by atoms with E-state index in [4.69, 9.17) is 4.74 Å². The molecule has 2 aliphatic heterocycles. The van der Waals surface area contributed by atoms with Crippen LogP contribution in [0, 0.1) is 12.8 Å². The van der Waals surface area contributed by atoms with Crippen LogP contribution in [-0.2, 0) is 11.2 Å². The van der Waals surface area contributed by atoms with Crippen LogP contribution in [0.2, 0.25) is 0 Å². The Morgan fingerprint density at radius 2 is 2.03 bits per heavy atom.